The number of hydrogen-bond donors (Lipinski definition) is 2. The van der Waals surface area contributed by atoms with Crippen LogP contribution < -0.4 is 15.5 Å². The molecule has 1 aliphatic heterocycles. The van der Waals surface area contributed by atoms with Gasteiger partial charge in [0.05, 0.1) is 10.8 Å². The van der Waals surface area contributed by atoms with E-state index in [0.29, 0.717) is 0 Å². The van der Waals surface area contributed by atoms with Crippen molar-refractivity contribution in [3.8, 4) is 6.07 Å². The Balaban J connectivity index is 1.71. The Bertz CT molecular complexity index is 1860. The fourth-order valence-corrected chi connectivity index (χ4v) is 6.54. The molecule has 16 heteroatoms. The standard InChI is InChI=1S/C29H24ClF3N6O5S/c1-45(43,44)20-11-16(31)10-18(12-20)37-26(42)29(8-6-23(40)39(29)27-35-9-7-17(15-34)38-27)24(21-4-2-3-5-22(21)30)25(41)36-19-13-28(32,33)14-19/h2-5,7,9-12,19,24H,6,8,13-14H2,1H3,(H,36,41)(H,37,42)/t24-,29?/m1/s1. The summed E-state index contributed by atoms with van der Waals surface area (Å²) in [6.07, 6.45) is 0.00722. The zero-order chi connectivity index (χ0) is 32.7. The number of nitriles is 1. The quantitative estimate of drug-likeness (QED) is 0.369. The van der Waals surface area contributed by atoms with E-state index >= 15 is 0 Å². The van der Waals surface area contributed by atoms with Crippen LogP contribution in [0, 0.1) is 17.1 Å². The Morgan fingerprint density at radius 2 is 1.89 bits per heavy atom. The molecule has 1 saturated carbocycles. The molecule has 234 valence electrons. The highest BCUT2D eigenvalue weighted by atomic mass is 35.5. The number of amides is 3. The molecule has 2 N–H and O–H groups in total. The molecule has 0 radical (unpaired) electrons. The van der Waals surface area contributed by atoms with Crippen molar-refractivity contribution in [3.63, 3.8) is 0 Å². The molecule has 0 spiro atoms. The summed E-state index contributed by atoms with van der Waals surface area (Å²) in [4.78, 5) is 50.8. The summed E-state index contributed by atoms with van der Waals surface area (Å²) in [5, 5.41) is 14.4. The molecule has 3 amide bonds. The Morgan fingerprint density at radius 1 is 1.18 bits per heavy atom. The molecule has 45 heavy (non-hydrogen) atoms. The molecular formula is C29H24ClF3N6O5S. The first kappa shape index (κ1) is 31.9. The van der Waals surface area contributed by atoms with Gasteiger partial charge in [-0.3, -0.25) is 19.3 Å². The highest BCUT2D eigenvalue weighted by Gasteiger charge is 2.61. The molecule has 2 atom stereocenters. The van der Waals surface area contributed by atoms with Crippen molar-refractivity contribution in [1.29, 1.82) is 5.26 Å². The number of hydrogen-bond acceptors (Lipinski definition) is 8. The van der Waals surface area contributed by atoms with Gasteiger partial charge in [0, 0.05) is 48.5 Å². The van der Waals surface area contributed by atoms with Crippen molar-refractivity contribution in [3.05, 3.63) is 76.8 Å². The highest BCUT2D eigenvalue weighted by Crippen LogP contribution is 2.47. The minimum atomic E-state index is -3.94. The number of carbonyl (C=O) groups is 3. The van der Waals surface area contributed by atoms with Gasteiger partial charge in [-0.05, 0) is 42.3 Å². The minimum Gasteiger partial charge on any atom is -0.352 e. The molecule has 2 aliphatic rings. The van der Waals surface area contributed by atoms with Crippen LogP contribution in [0.3, 0.4) is 0 Å². The van der Waals surface area contributed by atoms with E-state index in [-0.39, 0.29) is 34.8 Å². The summed E-state index contributed by atoms with van der Waals surface area (Å²) in [5.41, 5.74) is -2.72. The van der Waals surface area contributed by atoms with Crippen molar-refractivity contribution >= 4 is 50.8 Å². The van der Waals surface area contributed by atoms with Crippen LogP contribution in [0.15, 0.2) is 59.6 Å². The lowest BCUT2D eigenvalue weighted by Gasteiger charge is -2.43. The molecule has 2 heterocycles. The Hall–Kier alpha value is -4.55. The van der Waals surface area contributed by atoms with Crippen LogP contribution in [-0.4, -0.2) is 59.9 Å². The molecule has 1 aliphatic carbocycles. The van der Waals surface area contributed by atoms with Crippen LogP contribution in [0.2, 0.25) is 5.02 Å². The van der Waals surface area contributed by atoms with Crippen LogP contribution in [0.25, 0.3) is 0 Å². The van der Waals surface area contributed by atoms with Gasteiger partial charge >= 0.3 is 0 Å². The Kier molecular flexibility index (Phi) is 8.32. The second-order valence-electron chi connectivity index (χ2n) is 10.8. The fourth-order valence-electron chi connectivity index (χ4n) is 5.63. The Morgan fingerprint density at radius 3 is 2.53 bits per heavy atom. The molecule has 5 rings (SSSR count). The number of rotatable bonds is 8. The van der Waals surface area contributed by atoms with E-state index in [0.717, 1.165) is 29.4 Å². The minimum absolute atomic E-state index is 0.000115. The molecule has 3 aromatic rings. The van der Waals surface area contributed by atoms with Crippen LogP contribution in [0.4, 0.5) is 24.8 Å². The summed E-state index contributed by atoms with van der Waals surface area (Å²) in [6.45, 7) is 0. The lowest BCUT2D eigenvalue weighted by molar-refractivity contribution is -0.136. The number of halogens is 4. The van der Waals surface area contributed by atoms with Crippen LogP contribution >= 0.6 is 11.6 Å². The summed E-state index contributed by atoms with van der Waals surface area (Å²) < 4.78 is 66.4. The number of alkyl halides is 2. The van der Waals surface area contributed by atoms with Gasteiger partial charge in [0.15, 0.2) is 9.84 Å². The zero-order valence-corrected chi connectivity index (χ0v) is 25.0. The van der Waals surface area contributed by atoms with Crippen molar-refractivity contribution in [2.75, 3.05) is 16.5 Å². The molecule has 11 nitrogen and oxygen atoms in total. The maximum atomic E-state index is 14.6. The second-order valence-corrected chi connectivity index (χ2v) is 13.3. The molecular weight excluding hydrogens is 637 g/mol. The van der Waals surface area contributed by atoms with Crippen molar-refractivity contribution in [2.24, 2.45) is 0 Å². The average molecular weight is 661 g/mol. The number of aromatic nitrogens is 2. The average Bonchev–Trinajstić information content (AvgIpc) is 3.30. The van der Waals surface area contributed by atoms with Gasteiger partial charge in [0.25, 0.3) is 11.8 Å². The maximum Gasteiger partial charge on any atom is 0.252 e. The van der Waals surface area contributed by atoms with Crippen LogP contribution in [-0.2, 0) is 24.2 Å². The first-order valence-corrected chi connectivity index (χ1v) is 15.7. The van der Waals surface area contributed by atoms with Gasteiger partial charge < -0.3 is 10.6 Å². The van der Waals surface area contributed by atoms with E-state index in [2.05, 4.69) is 20.6 Å². The van der Waals surface area contributed by atoms with Crippen LogP contribution in [0.1, 0.15) is 42.9 Å². The van der Waals surface area contributed by atoms with Crippen molar-refractivity contribution < 1.29 is 36.0 Å². The first-order chi connectivity index (χ1) is 21.1. The zero-order valence-electron chi connectivity index (χ0n) is 23.4. The molecule has 2 fully saturated rings. The molecule has 1 unspecified atom stereocenters. The number of anilines is 2. The number of benzene rings is 2. The van der Waals surface area contributed by atoms with Crippen molar-refractivity contribution in [1.82, 2.24) is 15.3 Å². The Labute approximate surface area is 260 Å². The largest absolute Gasteiger partial charge is 0.352 e. The van der Waals surface area contributed by atoms with E-state index in [1.54, 1.807) is 6.07 Å². The number of nitrogens with one attached hydrogen (secondary N) is 2. The summed E-state index contributed by atoms with van der Waals surface area (Å²) in [7, 11) is -3.94. The maximum absolute atomic E-state index is 14.6. The smallest absolute Gasteiger partial charge is 0.252 e. The lowest BCUT2D eigenvalue weighted by atomic mass is 9.75. The normalized spacial score (nSPS) is 20.2. The monoisotopic (exact) mass is 660 g/mol. The summed E-state index contributed by atoms with van der Waals surface area (Å²) >= 11 is 6.54. The predicted octanol–water partition coefficient (Wildman–Crippen LogP) is 3.75. The summed E-state index contributed by atoms with van der Waals surface area (Å²) in [5.74, 6) is -8.82. The SMILES string of the molecule is CS(=O)(=O)c1cc(F)cc(NC(=O)C2([C@@H](C(=O)NC3CC(F)(F)C3)c3ccccc3Cl)CCC(=O)N2c2nccc(C#N)n2)c1. The van der Waals surface area contributed by atoms with Gasteiger partial charge in [0.2, 0.25) is 17.8 Å². The van der Waals surface area contributed by atoms with E-state index in [9.17, 15) is 41.2 Å². The molecule has 1 aromatic heterocycles. The van der Waals surface area contributed by atoms with E-state index in [1.165, 1.54) is 30.5 Å². The van der Waals surface area contributed by atoms with Crippen LogP contribution in [0.5, 0.6) is 0 Å². The fraction of sp³-hybridized carbons (Fsp3) is 0.310. The third-order valence-corrected chi connectivity index (χ3v) is 9.11. The van der Waals surface area contributed by atoms with E-state index in [1.807, 2.05) is 6.07 Å². The third-order valence-electron chi connectivity index (χ3n) is 7.67. The number of carbonyl (C=O) groups excluding carboxylic acids is 3. The number of sulfone groups is 1. The molecule has 0 bridgehead atoms. The second kappa shape index (κ2) is 11.8. The van der Waals surface area contributed by atoms with Gasteiger partial charge in [-0.1, -0.05) is 29.8 Å². The van der Waals surface area contributed by atoms with E-state index in [4.69, 9.17) is 11.6 Å². The van der Waals surface area contributed by atoms with Crippen molar-refractivity contribution in [2.45, 2.75) is 54.0 Å². The van der Waals surface area contributed by atoms with Gasteiger partial charge in [-0.25, -0.2) is 31.6 Å². The topological polar surface area (TPSA) is 162 Å². The third kappa shape index (κ3) is 6.20. The molecule has 1 saturated heterocycles. The van der Waals surface area contributed by atoms with Gasteiger partial charge in [0.1, 0.15) is 23.1 Å². The van der Waals surface area contributed by atoms with Gasteiger partial charge in [-0.2, -0.15) is 5.26 Å². The molecule has 2 aromatic carbocycles. The number of nitrogens with zero attached hydrogens (tertiary/aromatic N) is 4. The van der Waals surface area contributed by atoms with Gasteiger partial charge in [-0.15, -0.1) is 0 Å². The summed E-state index contributed by atoms with van der Waals surface area (Å²) in [6, 6.07) is 10.6. The first-order valence-electron chi connectivity index (χ1n) is 13.5. The highest BCUT2D eigenvalue weighted by molar-refractivity contribution is 7.90. The van der Waals surface area contributed by atoms with E-state index < -0.39 is 80.5 Å². The predicted molar refractivity (Wildman–Crippen MR) is 155 cm³/mol. The lowest BCUT2D eigenvalue weighted by Crippen LogP contribution is -2.63.